The zero-order chi connectivity index (χ0) is 15.0. The summed E-state index contributed by atoms with van der Waals surface area (Å²) in [5, 5.41) is 3.45. The summed E-state index contributed by atoms with van der Waals surface area (Å²) in [6.07, 6.45) is -2.72. The second-order valence-electron chi connectivity index (χ2n) is 5.11. The van der Waals surface area contributed by atoms with E-state index in [0.717, 1.165) is 12.8 Å². The molecular formula is C14H15F3N4. The maximum Gasteiger partial charge on any atom is 0.405 e. The van der Waals surface area contributed by atoms with E-state index in [0.29, 0.717) is 22.7 Å². The predicted molar refractivity (Wildman–Crippen MR) is 75.5 cm³/mol. The van der Waals surface area contributed by atoms with E-state index in [4.69, 9.17) is 0 Å². The molecule has 1 aromatic carbocycles. The number of nitrogens with zero attached hydrogens (tertiary/aromatic N) is 3. The van der Waals surface area contributed by atoms with Crippen LogP contribution in [-0.4, -0.2) is 35.8 Å². The van der Waals surface area contributed by atoms with Crippen molar-refractivity contribution in [2.24, 2.45) is 0 Å². The third kappa shape index (κ3) is 3.01. The SMILES string of the molecule is CNc1nc(N(CC(F)(F)F)C2CC2)c2ccccc2n1. The van der Waals surface area contributed by atoms with Gasteiger partial charge in [-0.1, -0.05) is 12.1 Å². The molecule has 1 fully saturated rings. The van der Waals surface area contributed by atoms with Gasteiger partial charge in [-0.2, -0.15) is 18.2 Å². The van der Waals surface area contributed by atoms with Crippen molar-refractivity contribution in [2.45, 2.75) is 25.1 Å². The van der Waals surface area contributed by atoms with Crippen LogP contribution in [0.3, 0.4) is 0 Å². The molecule has 0 saturated heterocycles. The van der Waals surface area contributed by atoms with Gasteiger partial charge in [0, 0.05) is 18.5 Å². The number of hydrogen-bond acceptors (Lipinski definition) is 4. The number of hydrogen-bond donors (Lipinski definition) is 1. The molecule has 1 aromatic heterocycles. The largest absolute Gasteiger partial charge is 0.405 e. The minimum atomic E-state index is -4.26. The Bertz CT molecular complexity index is 652. The van der Waals surface area contributed by atoms with Crippen LogP contribution in [0.2, 0.25) is 0 Å². The van der Waals surface area contributed by atoms with Gasteiger partial charge in [0.2, 0.25) is 5.95 Å². The number of rotatable bonds is 4. The zero-order valence-corrected chi connectivity index (χ0v) is 11.5. The summed E-state index contributed by atoms with van der Waals surface area (Å²) in [5.41, 5.74) is 0.639. The van der Waals surface area contributed by atoms with Crippen molar-refractivity contribution in [3.05, 3.63) is 24.3 Å². The topological polar surface area (TPSA) is 41.1 Å². The lowest BCUT2D eigenvalue weighted by Gasteiger charge is -2.26. The predicted octanol–water partition coefficient (Wildman–Crippen LogP) is 3.20. The highest BCUT2D eigenvalue weighted by Crippen LogP contribution is 2.36. The third-order valence-corrected chi connectivity index (χ3v) is 3.42. The molecule has 1 aliphatic carbocycles. The van der Waals surface area contributed by atoms with Crippen LogP contribution in [0.25, 0.3) is 10.9 Å². The number of nitrogens with one attached hydrogen (secondary N) is 1. The third-order valence-electron chi connectivity index (χ3n) is 3.42. The highest BCUT2D eigenvalue weighted by molar-refractivity contribution is 5.90. The molecule has 0 unspecified atom stereocenters. The number of benzene rings is 1. The Morgan fingerprint density at radius 2 is 1.95 bits per heavy atom. The molecule has 112 valence electrons. The first-order valence-corrected chi connectivity index (χ1v) is 6.76. The second-order valence-corrected chi connectivity index (χ2v) is 5.11. The van der Waals surface area contributed by atoms with Gasteiger partial charge < -0.3 is 10.2 Å². The van der Waals surface area contributed by atoms with Gasteiger partial charge in [-0.05, 0) is 25.0 Å². The Morgan fingerprint density at radius 3 is 2.57 bits per heavy atom. The molecule has 0 spiro atoms. The van der Waals surface area contributed by atoms with Crippen LogP contribution in [0.4, 0.5) is 24.9 Å². The quantitative estimate of drug-likeness (QED) is 0.940. The molecule has 1 N–H and O–H groups in total. The monoisotopic (exact) mass is 296 g/mol. The van der Waals surface area contributed by atoms with Gasteiger partial charge in [0.1, 0.15) is 12.4 Å². The first-order chi connectivity index (χ1) is 9.98. The lowest BCUT2D eigenvalue weighted by Crippen LogP contribution is -2.36. The van der Waals surface area contributed by atoms with Crippen LogP contribution < -0.4 is 10.2 Å². The fraction of sp³-hybridized carbons (Fsp3) is 0.429. The average Bonchev–Trinajstić information content (AvgIpc) is 3.27. The maximum atomic E-state index is 12.9. The molecule has 21 heavy (non-hydrogen) atoms. The van der Waals surface area contributed by atoms with E-state index < -0.39 is 12.7 Å². The summed E-state index contributed by atoms with van der Waals surface area (Å²) in [5.74, 6) is 0.682. The Morgan fingerprint density at radius 1 is 1.24 bits per heavy atom. The van der Waals surface area contributed by atoms with E-state index in [9.17, 15) is 13.2 Å². The molecule has 0 amide bonds. The average molecular weight is 296 g/mol. The Labute approximate surface area is 120 Å². The highest BCUT2D eigenvalue weighted by Gasteiger charge is 2.39. The molecule has 0 atom stereocenters. The smallest absolute Gasteiger partial charge is 0.357 e. The van der Waals surface area contributed by atoms with E-state index >= 15 is 0 Å². The van der Waals surface area contributed by atoms with Crippen molar-refractivity contribution in [1.82, 2.24) is 9.97 Å². The van der Waals surface area contributed by atoms with Crippen molar-refractivity contribution in [1.29, 1.82) is 0 Å². The summed E-state index contributed by atoms with van der Waals surface area (Å²) >= 11 is 0. The van der Waals surface area contributed by atoms with E-state index in [-0.39, 0.29) is 6.04 Å². The second kappa shape index (κ2) is 5.05. The Kier molecular flexibility index (Phi) is 3.35. The van der Waals surface area contributed by atoms with Gasteiger partial charge in [0.15, 0.2) is 0 Å². The van der Waals surface area contributed by atoms with Gasteiger partial charge in [0.25, 0.3) is 0 Å². The van der Waals surface area contributed by atoms with Crippen LogP contribution in [0.15, 0.2) is 24.3 Å². The van der Waals surface area contributed by atoms with Gasteiger partial charge in [0.05, 0.1) is 5.52 Å². The fourth-order valence-corrected chi connectivity index (χ4v) is 2.35. The molecule has 1 saturated carbocycles. The zero-order valence-electron chi connectivity index (χ0n) is 11.5. The van der Waals surface area contributed by atoms with Crippen molar-refractivity contribution in [3.63, 3.8) is 0 Å². The standard InChI is InChI=1S/C14H15F3N4/c1-18-13-19-11-5-3-2-4-10(11)12(20-13)21(9-6-7-9)8-14(15,16)17/h2-5,9H,6-8H2,1H3,(H,18,19,20). The minimum absolute atomic E-state index is 0.0883. The van der Waals surface area contributed by atoms with Crippen LogP contribution in [0.1, 0.15) is 12.8 Å². The molecule has 4 nitrogen and oxygen atoms in total. The molecule has 0 bridgehead atoms. The summed E-state index contributed by atoms with van der Waals surface area (Å²) in [6, 6.07) is 7.04. The van der Waals surface area contributed by atoms with Crippen molar-refractivity contribution >= 4 is 22.7 Å². The van der Waals surface area contributed by atoms with Gasteiger partial charge in [-0.25, -0.2) is 4.98 Å². The lowest BCUT2D eigenvalue weighted by molar-refractivity contribution is -0.120. The molecule has 2 aromatic rings. The molecule has 0 aliphatic heterocycles. The number of aromatic nitrogens is 2. The molecular weight excluding hydrogens is 281 g/mol. The molecule has 1 heterocycles. The van der Waals surface area contributed by atoms with Crippen LogP contribution in [0, 0.1) is 0 Å². The molecule has 0 radical (unpaired) electrons. The number of halogens is 3. The summed E-state index contributed by atoms with van der Waals surface area (Å²) < 4.78 is 38.6. The van der Waals surface area contributed by atoms with Crippen molar-refractivity contribution in [3.8, 4) is 0 Å². The number of alkyl halides is 3. The van der Waals surface area contributed by atoms with Gasteiger partial charge in [-0.3, -0.25) is 0 Å². The van der Waals surface area contributed by atoms with E-state index in [1.165, 1.54) is 4.90 Å². The van der Waals surface area contributed by atoms with E-state index in [1.807, 2.05) is 6.07 Å². The van der Waals surface area contributed by atoms with E-state index in [1.54, 1.807) is 25.2 Å². The molecule has 3 rings (SSSR count). The summed E-state index contributed by atoms with van der Waals surface area (Å²) in [4.78, 5) is 9.90. The Hall–Kier alpha value is -2.05. The summed E-state index contributed by atoms with van der Waals surface area (Å²) in [6.45, 7) is -0.984. The number of para-hydroxylation sites is 1. The number of anilines is 2. The van der Waals surface area contributed by atoms with E-state index in [2.05, 4.69) is 15.3 Å². The van der Waals surface area contributed by atoms with Gasteiger partial charge >= 0.3 is 6.18 Å². The minimum Gasteiger partial charge on any atom is -0.357 e. The lowest BCUT2D eigenvalue weighted by atomic mass is 10.2. The fourth-order valence-electron chi connectivity index (χ4n) is 2.35. The number of fused-ring (bicyclic) bond motifs is 1. The first-order valence-electron chi connectivity index (χ1n) is 6.76. The van der Waals surface area contributed by atoms with Crippen LogP contribution in [0.5, 0.6) is 0 Å². The normalized spacial score (nSPS) is 15.2. The molecule has 7 heteroatoms. The van der Waals surface area contributed by atoms with Crippen LogP contribution in [-0.2, 0) is 0 Å². The molecule has 1 aliphatic rings. The van der Waals surface area contributed by atoms with Crippen molar-refractivity contribution in [2.75, 3.05) is 23.8 Å². The van der Waals surface area contributed by atoms with Gasteiger partial charge in [-0.15, -0.1) is 0 Å². The Balaban J connectivity index is 2.11. The highest BCUT2D eigenvalue weighted by atomic mass is 19.4. The van der Waals surface area contributed by atoms with Crippen LogP contribution >= 0.6 is 0 Å². The first kappa shape index (κ1) is 13.9. The van der Waals surface area contributed by atoms with Crippen molar-refractivity contribution < 1.29 is 13.2 Å². The summed E-state index contributed by atoms with van der Waals surface area (Å²) in [7, 11) is 1.65. The maximum absolute atomic E-state index is 12.9.